The fourth-order valence-electron chi connectivity index (χ4n) is 5.90. The van der Waals surface area contributed by atoms with Crippen molar-refractivity contribution in [2.24, 2.45) is 10.9 Å². The van der Waals surface area contributed by atoms with Crippen molar-refractivity contribution in [3.8, 4) is 17.8 Å². The van der Waals surface area contributed by atoms with E-state index in [4.69, 9.17) is 24.8 Å². The third kappa shape index (κ3) is 9.53. The Morgan fingerprint density at radius 2 is 1.86 bits per heavy atom. The number of ether oxygens (including phenoxy) is 3. The first kappa shape index (κ1) is 37.2. The third-order valence-corrected chi connectivity index (χ3v) is 8.50. The van der Waals surface area contributed by atoms with Crippen LogP contribution in [-0.4, -0.2) is 93.9 Å². The van der Waals surface area contributed by atoms with E-state index in [-0.39, 0.29) is 61.0 Å². The lowest BCUT2D eigenvalue weighted by Crippen LogP contribution is -2.50. The van der Waals surface area contributed by atoms with E-state index in [9.17, 15) is 23.6 Å². The van der Waals surface area contributed by atoms with Crippen LogP contribution in [0.5, 0.6) is 11.8 Å². The maximum absolute atomic E-state index is 14.5. The second-order valence-electron chi connectivity index (χ2n) is 13.9. The molecule has 266 valence electrons. The van der Waals surface area contributed by atoms with Gasteiger partial charge in [0.1, 0.15) is 29.8 Å². The highest BCUT2D eigenvalue weighted by Crippen LogP contribution is 2.30. The molecular weight excluding hydrogens is 640 g/mol. The molecule has 13 nitrogen and oxygen atoms in total. The van der Waals surface area contributed by atoms with Crippen molar-refractivity contribution < 1.29 is 37.4 Å². The second kappa shape index (κ2) is 15.3. The lowest BCUT2D eigenvalue weighted by molar-refractivity contribution is -0.149. The monoisotopic (exact) mass is 685 g/mol. The standard InChI is InChI=1S/C34H45F2N7O6/c1-20(26-16-21(35)19-42(26)7)46-27-18-28(47-23-13-15-43(22(17-23)12-14-37)32(45)48-33(2,3)4)40-30(39-27)29(38)41-49-31(44)34(5,6)24-10-8-9-11-25(24)36/h8-11,18,20-23,26H,12-13,15-17,19H2,1-7H3,(H2,38,41)/t20-,21+,22+,23-,26-/m0/s1. The van der Waals surface area contributed by atoms with E-state index in [1.807, 2.05) is 11.9 Å². The molecule has 0 saturated carbocycles. The van der Waals surface area contributed by atoms with Crippen molar-refractivity contribution >= 4 is 17.9 Å². The number of benzene rings is 1. The van der Waals surface area contributed by atoms with Crippen LogP contribution in [0.2, 0.25) is 0 Å². The Hall–Kier alpha value is -4.58. The Kier molecular flexibility index (Phi) is 11.6. The zero-order chi connectivity index (χ0) is 36.1. The number of hydrogen-bond donors (Lipinski definition) is 1. The van der Waals surface area contributed by atoms with Crippen molar-refractivity contribution in [2.45, 2.75) is 109 Å². The Morgan fingerprint density at radius 1 is 1.16 bits per heavy atom. The number of alkyl halides is 1. The molecule has 1 aromatic carbocycles. The van der Waals surface area contributed by atoms with Gasteiger partial charge in [-0.1, -0.05) is 23.4 Å². The number of amidine groups is 1. The van der Waals surface area contributed by atoms with Gasteiger partial charge in [0.2, 0.25) is 23.4 Å². The molecule has 2 aromatic rings. The Morgan fingerprint density at radius 3 is 2.49 bits per heavy atom. The van der Waals surface area contributed by atoms with Gasteiger partial charge < -0.3 is 29.7 Å². The van der Waals surface area contributed by atoms with Gasteiger partial charge in [-0.05, 0) is 61.1 Å². The molecule has 2 aliphatic rings. The minimum Gasteiger partial charge on any atom is -0.474 e. The smallest absolute Gasteiger partial charge is 0.410 e. The molecule has 1 aromatic heterocycles. The highest BCUT2D eigenvalue weighted by molar-refractivity contribution is 5.94. The number of likely N-dealkylation sites (N-methyl/N-ethyl adjacent to an activating group) is 1. The summed E-state index contributed by atoms with van der Waals surface area (Å²) in [4.78, 5) is 43.1. The summed E-state index contributed by atoms with van der Waals surface area (Å²) in [6.45, 7) is 10.7. The van der Waals surface area contributed by atoms with Crippen LogP contribution in [0.25, 0.3) is 0 Å². The SMILES string of the molecule is C[C@H](Oc1cc(O[C@H]2CCN(C(=O)OC(C)(C)C)[C@H](CC#N)C2)nc(C(N)=NOC(=O)C(C)(C)c2ccccc2F)n1)[C@@H]1C[C@@H](F)CN1C. The van der Waals surface area contributed by atoms with Crippen molar-refractivity contribution in [1.82, 2.24) is 19.8 Å². The summed E-state index contributed by atoms with van der Waals surface area (Å²) in [7, 11) is 1.81. The number of carbonyl (C=O) groups is 2. The van der Waals surface area contributed by atoms with E-state index in [0.717, 1.165) is 0 Å². The Bertz CT molecular complexity index is 1580. The zero-order valence-corrected chi connectivity index (χ0v) is 29.0. The number of nitriles is 1. The van der Waals surface area contributed by atoms with Crippen LogP contribution in [0.15, 0.2) is 35.5 Å². The second-order valence-corrected chi connectivity index (χ2v) is 13.9. The van der Waals surface area contributed by atoms with Gasteiger partial charge in [-0.2, -0.15) is 15.2 Å². The molecule has 0 aliphatic carbocycles. The third-order valence-electron chi connectivity index (χ3n) is 8.50. The molecule has 2 aliphatic heterocycles. The molecule has 5 atom stereocenters. The van der Waals surface area contributed by atoms with Crippen LogP contribution in [0.3, 0.4) is 0 Å². The summed E-state index contributed by atoms with van der Waals surface area (Å²) < 4.78 is 46.5. The first-order valence-electron chi connectivity index (χ1n) is 16.2. The van der Waals surface area contributed by atoms with E-state index < -0.39 is 53.3 Å². The molecule has 0 radical (unpaired) electrons. The van der Waals surface area contributed by atoms with Gasteiger partial charge in [0.05, 0.1) is 30.0 Å². The number of nitrogens with two attached hydrogens (primary N) is 1. The van der Waals surface area contributed by atoms with Crippen LogP contribution in [0, 0.1) is 17.1 Å². The number of halogens is 2. The van der Waals surface area contributed by atoms with E-state index in [1.165, 1.54) is 43.0 Å². The molecule has 0 spiro atoms. The average molecular weight is 686 g/mol. The largest absolute Gasteiger partial charge is 0.474 e. The number of likely N-dealkylation sites (tertiary alicyclic amines) is 2. The number of piperidine rings is 1. The predicted octanol–water partition coefficient (Wildman–Crippen LogP) is 4.63. The molecule has 0 bridgehead atoms. The number of amides is 1. The van der Waals surface area contributed by atoms with Gasteiger partial charge >= 0.3 is 12.1 Å². The predicted molar refractivity (Wildman–Crippen MR) is 175 cm³/mol. The summed E-state index contributed by atoms with van der Waals surface area (Å²) in [5.74, 6) is -1.91. The number of nitrogens with zero attached hydrogens (tertiary/aromatic N) is 6. The summed E-state index contributed by atoms with van der Waals surface area (Å²) in [6.07, 6.45) is -1.37. The van der Waals surface area contributed by atoms with Gasteiger partial charge in [0.15, 0.2) is 0 Å². The lowest BCUT2D eigenvalue weighted by Gasteiger charge is -2.38. The number of hydrogen-bond acceptors (Lipinski definition) is 11. The number of aromatic nitrogens is 2. The van der Waals surface area contributed by atoms with Crippen molar-refractivity contribution in [1.29, 1.82) is 5.26 Å². The first-order valence-corrected chi connectivity index (χ1v) is 16.2. The molecule has 15 heteroatoms. The molecule has 49 heavy (non-hydrogen) atoms. The van der Waals surface area contributed by atoms with E-state index in [0.29, 0.717) is 12.8 Å². The molecule has 0 unspecified atom stereocenters. The van der Waals surface area contributed by atoms with Gasteiger partial charge in [0, 0.05) is 37.5 Å². The van der Waals surface area contributed by atoms with E-state index >= 15 is 0 Å². The zero-order valence-electron chi connectivity index (χ0n) is 29.0. The van der Waals surface area contributed by atoms with Crippen LogP contribution in [-0.2, 0) is 19.8 Å². The number of carbonyl (C=O) groups excluding carboxylic acids is 2. The topological polar surface area (TPSA) is 165 Å². The first-order chi connectivity index (χ1) is 23.0. The maximum atomic E-state index is 14.5. The minimum absolute atomic E-state index is 0.0536. The van der Waals surface area contributed by atoms with Gasteiger partial charge in [-0.25, -0.2) is 18.4 Å². The summed E-state index contributed by atoms with van der Waals surface area (Å²) in [6, 6.07) is 8.73. The molecule has 4 rings (SSSR count). The number of oxime groups is 1. The molecule has 2 N–H and O–H groups in total. The summed E-state index contributed by atoms with van der Waals surface area (Å²) >= 11 is 0. The fraction of sp³-hybridized carbons (Fsp3) is 0.588. The van der Waals surface area contributed by atoms with Crippen LogP contribution >= 0.6 is 0 Å². The van der Waals surface area contributed by atoms with Gasteiger partial charge in [-0.15, -0.1) is 0 Å². The molecule has 3 heterocycles. The van der Waals surface area contributed by atoms with Crippen molar-refractivity contribution in [2.75, 3.05) is 20.1 Å². The van der Waals surface area contributed by atoms with Crippen molar-refractivity contribution in [3.05, 3.63) is 47.5 Å². The maximum Gasteiger partial charge on any atom is 0.410 e. The number of rotatable bonds is 10. The quantitative estimate of drug-likeness (QED) is 0.160. The minimum atomic E-state index is -1.40. The summed E-state index contributed by atoms with van der Waals surface area (Å²) in [5.41, 5.74) is 4.21. The van der Waals surface area contributed by atoms with Crippen molar-refractivity contribution in [3.63, 3.8) is 0 Å². The summed E-state index contributed by atoms with van der Waals surface area (Å²) in [5, 5.41) is 13.2. The average Bonchev–Trinajstić information content (AvgIpc) is 3.36. The highest BCUT2D eigenvalue weighted by Gasteiger charge is 2.37. The molecule has 2 fully saturated rings. The fourth-order valence-corrected chi connectivity index (χ4v) is 5.90. The van der Waals surface area contributed by atoms with Crippen LogP contribution in [0.4, 0.5) is 13.6 Å². The highest BCUT2D eigenvalue weighted by atomic mass is 19.1. The Labute approximate surface area is 285 Å². The van der Waals surface area contributed by atoms with E-state index in [2.05, 4.69) is 21.2 Å². The van der Waals surface area contributed by atoms with Crippen LogP contribution in [0.1, 0.15) is 78.6 Å². The van der Waals surface area contributed by atoms with Gasteiger partial charge in [0.25, 0.3) is 0 Å². The molecule has 2 saturated heterocycles. The lowest BCUT2D eigenvalue weighted by atomic mass is 9.84. The molecule has 1 amide bonds. The van der Waals surface area contributed by atoms with Crippen LogP contribution < -0.4 is 15.2 Å². The van der Waals surface area contributed by atoms with Gasteiger partial charge in [-0.3, -0.25) is 4.90 Å². The molecular formula is C34H45F2N7O6. The normalized spacial score (nSPS) is 22.6. The Balaban J connectivity index is 1.57. The van der Waals surface area contributed by atoms with E-state index in [1.54, 1.807) is 33.8 Å².